The molecule has 7 nitrogen and oxygen atoms in total. The molecular weight excluding hydrogens is 318 g/mol. The van der Waals surface area contributed by atoms with Gasteiger partial charge in [-0.3, -0.25) is 24.1 Å². The van der Waals surface area contributed by atoms with E-state index in [1.165, 1.54) is 25.7 Å². The van der Waals surface area contributed by atoms with Crippen molar-refractivity contribution in [2.45, 2.75) is 63.8 Å². The smallest absolute Gasteiger partial charge is 0.270 e. The van der Waals surface area contributed by atoms with Crippen LogP contribution in [0.4, 0.5) is 5.82 Å². The van der Waals surface area contributed by atoms with Gasteiger partial charge >= 0.3 is 0 Å². The van der Waals surface area contributed by atoms with Crippen LogP contribution in [0.25, 0.3) is 0 Å². The normalized spacial score (nSPS) is 21.7. The van der Waals surface area contributed by atoms with E-state index in [-0.39, 0.29) is 29.8 Å². The van der Waals surface area contributed by atoms with Crippen molar-refractivity contribution in [3.8, 4) is 0 Å². The summed E-state index contributed by atoms with van der Waals surface area (Å²) >= 11 is 0. The van der Waals surface area contributed by atoms with Crippen molar-refractivity contribution < 1.29 is 4.79 Å². The number of aromatic nitrogens is 4. The highest BCUT2D eigenvalue weighted by atomic mass is 16.2. The summed E-state index contributed by atoms with van der Waals surface area (Å²) in [6, 6.07) is 0.257. The van der Waals surface area contributed by atoms with E-state index in [0.717, 1.165) is 24.1 Å². The number of anilines is 1. The molecule has 1 unspecified atom stereocenters. The molecule has 1 saturated carbocycles. The van der Waals surface area contributed by atoms with Crippen LogP contribution in [0.1, 0.15) is 73.7 Å². The zero-order valence-corrected chi connectivity index (χ0v) is 14.8. The average Bonchev–Trinajstić information content (AvgIpc) is 2.93. The summed E-state index contributed by atoms with van der Waals surface area (Å²) in [5.74, 6) is 0.400. The van der Waals surface area contributed by atoms with E-state index in [1.807, 2.05) is 24.9 Å². The first kappa shape index (κ1) is 16.2. The van der Waals surface area contributed by atoms with Crippen LogP contribution >= 0.6 is 0 Å². The lowest BCUT2D eigenvalue weighted by Gasteiger charge is -2.25. The zero-order chi connectivity index (χ0) is 17.6. The Morgan fingerprint density at radius 2 is 1.88 bits per heavy atom. The minimum Gasteiger partial charge on any atom is -0.311 e. The molecule has 134 valence electrons. The van der Waals surface area contributed by atoms with Crippen molar-refractivity contribution >= 4 is 11.7 Å². The van der Waals surface area contributed by atoms with Gasteiger partial charge in [-0.05, 0) is 19.8 Å². The standard InChI is InChI=1S/C18H25N5O2/c1-11-14(10-22(2)20-11)13-9-15(24)19-17-16(13)18(25)21-23(17)12-7-5-3-4-6-8-12/h10,12-13H,3-9H2,1-2H3,(H,19,24)(H,21,25). The summed E-state index contributed by atoms with van der Waals surface area (Å²) in [6.45, 7) is 1.93. The fraction of sp³-hybridized carbons (Fsp3) is 0.611. The Bertz CT molecular complexity index is 851. The summed E-state index contributed by atoms with van der Waals surface area (Å²) in [5.41, 5.74) is 2.42. The average molecular weight is 343 g/mol. The molecule has 1 atom stereocenters. The fourth-order valence-corrected chi connectivity index (χ4v) is 4.40. The van der Waals surface area contributed by atoms with Crippen molar-refractivity contribution in [2.24, 2.45) is 7.05 Å². The molecule has 1 aliphatic heterocycles. The molecule has 3 heterocycles. The predicted molar refractivity (Wildman–Crippen MR) is 94.8 cm³/mol. The number of H-pyrrole nitrogens is 1. The van der Waals surface area contributed by atoms with E-state index in [0.29, 0.717) is 11.4 Å². The molecule has 1 fully saturated rings. The van der Waals surface area contributed by atoms with E-state index >= 15 is 0 Å². The largest absolute Gasteiger partial charge is 0.311 e. The Balaban J connectivity index is 1.80. The molecule has 1 amide bonds. The number of carbonyl (C=O) groups is 1. The van der Waals surface area contributed by atoms with Crippen molar-refractivity contribution in [1.82, 2.24) is 19.6 Å². The van der Waals surface area contributed by atoms with Gasteiger partial charge in [-0.2, -0.15) is 5.10 Å². The molecular formula is C18H25N5O2. The molecule has 2 aliphatic rings. The van der Waals surface area contributed by atoms with Gasteiger partial charge in [0.2, 0.25) is 5.91 Å². The van der Waals surface area contributed by atoms with Crippen molar-refractivity contribution in [1.29, 1.82) is 0 Å². The van der Waals surface area contributed by atoms with Gasteiger partial charge in [-0.15, -0.1) is 0 Å². The van der Waals surface area contributed by atoms with Crippen LogP contribution in [-0.4, -0.2) is 25.5 Å². The van der Waals surface area contributed by atoms with Crippen molar-refractivity contribution in [3.05, 3.63) is 33.4 Å². The minimum absolute atomic E-state index is 0.0397. The van der Waals surface area contributed by atoms with Gasteiger partial charge in [0.05, 0.1) is 17.3 Å². The van der Waals surface area contributed by atoms with E-state index in [4.69, 9.17) is 0 Å². The number of aromatic amines is 1. The first-order chi connectivity index (χ1) is 12.0. The monoisotopic (exact) mass is 343 g/mol. The lowest BCUT2D eigenvalue weighted by Crippen LogP contribution is -2.27. The molecule has 0 aromatic carbocycles. The number of hydrogen-bond acceptors (Lipinski definition) is 3. The van der Waals surface area contributed by atoms with E-state index in [9.17, 15) is 9.59 Å². The summed E-state index contributed by atoms with van der Waals surface area (Å²) < 4.78 is 3.67. The van der Waals surface area contributed by atoms with Crippen LogP contribution in [0.15, 0.2) is 11.0 Å². The van der Waals surface area contributed by atoms with Crippen molar-refractivity contribution in [2.75, 3.05) is 5.32 Å². The van der Waals surface area contributed by atoms with Gasteiger partial charge in [0.25, 0.3) is 5.56 Å². The molecule has 7 heteroatoms. The number of amides is 1. The van der Waals surface area contributed by atoms with Crippen LogP contribution in [-0.2, 0) is 11.8 Å². The van der Waals surface area contributed by atoms with Crippen molar-refractivity contribution in [3.63, 3.8) is 0 Å². The molecule has 0 bridgehead atoms. The maximum atomic E-state index is 12.8. The van der Waals surface area contributed by atoms with E-state index in [2.05, 4.69) is 15.5 Å². The second-order valence-electron chi connectivity index (χ2n) is 7.37. The summed E-state index contributed by atoms with van der Waals surface area (Å²) in [5, 5.41) is 10.4. The molecule has 0 radical (unpaired) electrons. The highest BCUT2D eigenvalue weighted by Crippen LogP contribution is 2.38. The van der Waals surface area contributed by atoms with Crippen LogP contribution in [0.2, 0.25) is 0 Å². The maximum absolute atomic E-state index is 12.8. The molecule has 25 heavy (non-hydrogen) atoms. The highest BCUT2D eigenvalue weighted by molar-refractivity contribution is 5.94. The second kappa shape index (κ2) is 6.20. The number of fused-ring (bicyclic) bond motifs is 1. The van der Waals surface area contributed by atoms with Gasteiger partial charge in [0, 0.05) is 31.1 Å². The molecule has 2 aromatic rings. The highest BCUT2D eigenvalue weighted by Gasteiger charge is 2.35. The summed E-state index contributed by atoms with van der Waals surface area (Å²) in [6.07, 6.45) is 9.12. The Hall–Kier alpha value is -2.31. The molecule has 2 N–H and O–H groups in total. The van der Waals surface area contributed by atoms with Crippen LogP contribution < -0.4 is 10.9 Å². The van der Waals surface area contributed by atoms with E-state index in [1.54, 1.807) is 4.68 Å². The van der Waals surface area contributed by atoms with Crippen LogP contribution in [0.5, 0.6) is 0 Å². The minimum atomic E-state index is -0.228. The van der Waals surface area contributed by atoms with Gasteiger partial charge in [-0.25, -0.2) is 0 Å². The summed E-state index contributed by atoms with van der Waals surface area (Å²) in [7, 11) is 1.86. The zero-order valence-electron chi connectivity index (χ0n) is 14.8. The predicted octanol–water partition coefficient (Wildman–Crippen LogP) is 2.59. The molecule has 0 spiro atoms. The van der Waals surface area contributed by atoms with Crippen LogP contribution in [0, 0.1) is 6.92 Å². The Morgan fingerprint density at radius 3 is 2.52 bits per heavy atom. The summed E-state index contributed by atoms with van der Waals surface area (Å²) in [4.78, 5) is 25.1. The third-order valence-corrected chi connectivity index (χ3v) is 5.58. The lowest BCUT2D eigenvalue weighted by atomic mass is 9.87. The third kappa shape index (κ3) is 2.81. The van der Waals surface area contributed by atoms with Gasteiger partial charge < -0.3 is 5.32 Å². The molecule has 0 saturated heterocycles. The lowest BCUT2D eigenvalue weighted by molar-refractivity contribution is -0.116. The molecule has 4 rings (SSSR count). The first-order valence-electron chi connectivity index (χ1n) is 9.19. The Kier molecular flexibility index (Phi) is 4.01. The number of aryl methyl sites for hydroxylation is 2. The fourth-order valence-electron chi connectivity index (χ4n) is 4.40. The number of nitrogens with one attached hydrogen (secondary N) is 2. The van der Waals surface area contributed by atoms with Gasteiger partial charge in [0.1, 0.15) is 5.82 Å². The van der Waals surface area contributed by atoms with Gasteiger partial charge in [0.15, 0.2) is 0 Å². The molecule has 2 aromatic heterocycles. The topological polar surface area (TPSA) is 84.7 Å². The number of hydrogen-bond donors (Lipinski definition) is 2. The molecule has 1 aliphatic carbocycles. The van der Waals surface area contributed by atoms with E-state index < -0.39 is 0 Å². The quantitative estimate of drug-likeness (QED) is 0.822. The third-order valence-electron chi connectivity index (χ3n) is 5.58. The number of rotatable bonds is 2. The number of carbonyl (C=O) groups excluding carboxylic acids is 1. The number of nitrogens with zero attached hydrogens (tertiary/aromatic N) is 3. The second-order valence-corrected chi connectivity index (χ2v) is 7.37. The Morgan fingerprint density at radius 1 is 1.16 bits per heavy atom. The van der Waals surface area contributed by atoms with Gasteiger partial charge in [-0.1, -0.05) is 25.7 Å². The first-order valence-corrected chi connectivity index (χ1v) is 9.19. The van der Waals surface area contributed by atoms with Crippen LogP contribution in [0.3, 0.4) is 0 Å². The SMILES string of the molecule is Cc1nn(C)cc1C1CC(=O)Nc2c1c(=O)[nH]n2C1CCCCCC1. The Labute approximate surface area is 146 Å². The maximum Gasteiger partial charge on any atom is 0.270 e.